The van der Waals surface area contributed by atoms with Gasteiger partial charge in [-0.15, -0.1) is 0 Å². The van der Waals surface area contributed by atoms with Gasteiger partial charge in [0, 0.05) is 35.6 Å². The molecule has 1 amide bonds. The Hall–Kier alpha value is -3.17. The number of alkyl carbamates (subject to hydrolysis) is 1. The zero-order valence-corrected chi connectivity index (χ0v) is 17.1. The number of halogens is 1. The quantitative estimate of drug-likeness (QED) is 0.578. The van der Waals surface area contributed by atoms with Crippen LogP contribution in [0.25, 0.3) is 5.52 Å². The Morgan fingerprint density at radius 1 is 1.32 bits per heavy atom. The molecule has 0 unspecified atom stereocenters. The molecule has 9 nitrogen and oxygen atoms in total. The molecule has 2 bridgehead atoms. The summed E-state index contributed by atoms with van der Waals surface area (Å²) in [6.07, 6.45) is 5.10. The van der Waals surface area contributed by atoms with Crippen LogP contribution in [-0.4, -0.2) is 48.7 Å². The summed E-state index contributed by atoms with van der Waals surface area (Å²) in [5.41, 5.74) is 2.32. The molecule has 4 aliphatic carbocycles. The fourth-order valence-electron chi connectivity index (χ4n) is 5.24. The van der Waals surface area contributed by atoms with Gasteiger partial charge in [0.25, 0.3) is 0 Å². The fourth-order valence-corrected chi connectivity index (χ4v) is 5.24. The number of carbonyl (C=O) groups is 1. The Morgan fingerprint density at radius 3 is 2.94 bits per heavy atom. The Morgan fingerprint density at radius 2 is 2.16 bits per heavy atom. The smallest absolute Gasteiger partial charge is 0.407 e. The van der Waals surface area contributed by atoms with Crippen molar-refractivity contribution < 1.29 is 13.9 Å². The van der Waals surface area contributed by atoms with Crippen molar-refractivity contribution in [1.82, 2.24) is 30.1 Å². The molecular weight excluding hydrogens is 401 g/mol. The lowest BCUT2D eigenvalue weighted by molar-refractivity contribution is -0.0532. The number of aromatic amines is 1. The van der Waals surface area contributed by atoms with E-state index < -0.39 is 24.3 Å². The SMILES string of the molecule is Cc1cc2c(Nc3cc([C@@H]4CC[C@H](OC(=O)NC56CC(C5)C6)[C@H]4F)[nH]n3)nccn2n1. The number of aryl methyl sites for hydroxylation is 1. The van der Waals surface area contributed by atoms with Crippen LogP contribution in [-0.2, 0) is 4.74 Å². The van der Waals surface area contributed by atoms with Gasteiger partial charge in [-0.05, 0) is 51.0 Å². The molecule has 0 saturated heterocycles. The molecule has 3 atom stereocenters. The van der Waals surface area contributed by atoms with Gasteiger partial charge in [0.2, 0.25) is 0 Å². The molecule has 7 rings (SSSR count). The number of nitrogens with one attached hydrogen (secondary N) is 3. The minimum Gasteiger partial charge on any atom is -0.443 e. The number of alkyl halides is 1. The molecule has 162 valence electrons. The van der Waals surface area contributed by atoms with E-state index in [4.69, 9.17) is 4.74 Å². The second kappa shape index (κ2) is 6.66. The van der Waals surface area contributed by atoms with Crippen LogP contribution in [0.1, 0.15) is 49.4 Å². The predicted molar refractivity (Wildman–Crippen MR) is 110 cm³/mol. The maximum absolute atomic E-state index is 15.1. The third-order valence-corrected chi connectivity index (χ3v) is 6.92. The Labute approximate surface area is 177 Å². The summed E-state index contributed by atoms with van der Waals surface area (Å²) in [6, 6.07) is 3.72. The van der Waals surface area contributed by atoms with Crippen molar-refractivity contribution in [1.29, 1.82) is 0 Å². The van der Waals surface area contributed by atoms with Crippen LogP contribution < -0.4 is 10.6 Å². The largest absolute Gasteiger partial charge is 0.443 e. The maximum Gasteiger partial charge on any atom is 0.407 e. The maximum atomic E-state index is 15.1. The van der Waals surface area contributed by atoms with Crippen LogP contribution in [0.5, 0.6) is 0 Å². The summed E-state index contributed by atoms with van der Waals surface area (Å²) < 4.78 is 22.3. The first kappa shape index (κ1) is 18.6. The van der Waals surface area contributed by atoms with Crippen LogP contribution in [0.2, 0.25) is 0 Å². The van der Waals surface area contributed by atoms with E-state index in [2.05, 4.69) is 30.9 Å². The van der Waals surface area contributed by atoms with Crippen LogP contribution in [0.15, 0.2) is 24.5 Å². The van der Waals surface area contributed by atoms with E-state index >= 15 is 4.39 Å². The molecular formula is C21H24FN7O2. The van der Waals surface area contributed by atoms with E-state index in [0.717, 1.165) is 36.4 Å². The summed E-state index contributed by atoms with van der Waals surface area (Å²) in [7, 11) is 0. The van der Waals surface area contributed by atoms with Crippen molar-refractivity contribution in [2.45, 2.75) is 62.8 Å². The summed E-state index contributed by atoms with van der Waals surface area (Å²) in [5, 5.41) is 17.7. The molecule has 4 aliphatic rings. The highest BCUT2D eigenvalue weighted by molar-refractivity contribution is 5.72. The Kier molecular flexibility index (Phi) is 4.00. The average Bonchev–Trinajstić information content (AvgIpc) is 3.37. The molecule has 3 aromatic heterocycles. The zero-order valence-electron chi connectivity index (χ0n) is 17.1. The highest BCUT2D eigenvalue weighted by atomic mass is 19.1. The summed E-state index contributed by atoms with van der Waals surface area (Å²) in [5.74, 6) is 1.54. The molecule has 0 aliphatic heterocycles. The number of nitrogens with zero attached hydrogens (tertiary/aromatic N) is 4. The number of fused-ring (bicyclic) bond motifs is 1. The second-order valence-electron chi connectivity index (χ2n) is 9.18. The van der Waals surface area contributed by atoms with Gasteiger partial charge in [0.15, 0.2) is 11.6 Å². The molecule has 4 fully saturated rings. The van der Waals surface area contributed by atoms with Gasteiger partial charge in [-0.25, -0.2) is 18.7 Å². The Bertz CT molecular complexity index is 1140. The average molecular weight is 425 g/mol. The summed E-state index contributed by atoms with van der Waals surface area (Å²) in [4.78, 5) is 16.6. The third-order valence-electron chi connectivity index (χ3n) is 6.92. The van der Waals surface area contributed by atoms with Gasteiger partial charge >= 0.3 is 6.09 Å². The first-order valence-electron chi connectivity index (χ1n) is 10.7. The van der Waals surface area contributed by atoms with Gasteiger partial charge in [-0.2, -0.15) is 10.2 Å². The van der Waals surface area contributed by atoms with Crippen molar-refractivity contribution in [2.24, 2.45) is 5.92 Å². The van der Waals surface area contributed by atoms with Crippen molar-refractivity contribution in [3.63, 3.8) is 0 Å². The molecule has 4 saturated carbocycles. The van der Waals surface area contributed by atoms with Crippen LogP contribution in [0.4, 0.5) is 20.8 Å². The van der Waals surface area contributed by atoms with Gasteiger partial charge in [0.05, 0.1) is 5.69 Å². The number of hydrogen-bond donors (Lipinski definition) is 3. The van der Waals surface area contributed by atoms with Gasteiger partial charge in [-0.3, -0.25) is 5.10 Å². The topological polar surface area (TPSA) is 109 Å². The van der Waals surface area contributed by atoms with Crippen LogP contribution in [0.3, 0.4) is 0 Å². The zero-order chi connectivity index (χ0) is 21.2. The number of ether oxygens (including phenoxy) is 1. The van der Waals surface area contributed by atoms with Gasteiger partial charge in [-0.1, -0.05) is 0 Å². The van der Waals surface area contributed by atoms with E-state index in [1.54, 1.807) is 23.0 Å². The first-order valence-corrected chi connectivity index (χ1v) is 10.7. The molecule has 0 radical (unpaired) electrons. The molecule has 31 heavy (non-hydrogen) atoms. The minimum atomic E-state index is -1.27. The number of amides is 1. The minimum absolute atomic E-state index is 0.0690. The fraction of sp³-hybridized carbons (Fsp3) is 0.524. The van der Waals surface area contributed by atoms with Crippen molar-refractivity contribution in [3.8, 4) is 0 Å². The molecule has 3 N–H and O–H groups in total. The van der Waals surface area contributed by atoms with E-state index in [1.165, 1.54) is 0 Å². The molecule has 10 heteroatoms. The molecule has 0 spiro atoms. The lowest BCUT2D eigenvalue weighted by Crippen LogP contribution is -2.68. The van der Waals surface area contributed by atoms with E-state index in [-0.39, 0.29) is 5.54 Å². The highest BCUT2D eigenvalue weighted by Crippen LogP contribution is 2.57. The van der Waals surface area contributed by atoms with E-state index in [9.17, 15) is 4.79 Å². The van der Waals surface area contributed by atoms with Crippen molar-refractivity contribution in [3.05, 3.63) is 35.9 Å². The van der Waals surface area contributed by atoms with Crippen molar-refractivity contribution >= 4 is 23.2 Å². The van der Waals surface area contributed by atoms with Gasteiger partial charge < -0.3 is 15.4 Å². The summed E-state index contributed by atoms with van der Waals surface area (Å²) in [6.45, 7) is 1.92. The number of aromatic nitrogens is 5. The standard InChI is InChI=1S/C21H24FN7O2/c1-11-6-15-19(23-4-5-29(15)28-11)24-17-7-14(26-27-17)13-2-3-16(18(13)22)31-20(30)25-21-8-12(9-21)10-21/h4-7,12-13,16,18H,2-3,8-10H2,1H3,(H,25,30)(H2,23,24,26,27)/t12?,13-,16-,18-,21?/m0/s1. The summed E-state index contributed by atoms with van der Waals surface area (Å²) >= 11 is 0. The van der Waals surface area contributed by atoms with Crippen molar-refractivity contribution in [2.75, 3.05) is 5.32 Å². The molecule has 3 aromatic rings. The number of H-pyrrole nitrogens is 1. The van der Waals surface area contributed by atoms with E-state index in [1.807, 2.05) is 13.0 Å². The molecule has 0 aromatic carbocycles. The van der Waals surface area contributed by atoms with E-state index in [0.29, 0.717) is 30.2 Å². The second-order valence-corrected chi connectivity index (χ2v) is 9.18. The number of hydrogen-bond acceptors (Lipinski definition) is 6. The number of anilines is 2. The number of rotatable bonds is 5. The monoisotopic (exact) mass is 425 g/mol. The first-order chi connectivity index (χ1) is 15.0. The van der Waals surface area contributed by atoms with Crippen LogP contribution >= 0.6 is 0 Å². The van der Waals surface area contributed by atoms with Gasteiger partial charge in [0.1, 0.15) is 17.8 Å². The highest BCUT2D eigenvalue weighted by Gasteiger charge is 2.58. The predicted octanol–water partition coefficient (Wildman–Crippen LogP) is 3.37. The van der Waals surface area contributed by atoms with Crippen LogP contribution in [0, 0.1) is 12.8 Å². The lowest BCUT2D eigenvalue weighted by Gasteiger charge is -2.61. The third kappa shape index (κ3) is 3.12. The lowest BCUT2D eigenvalue weighted by atomic mass is 9.50. The molecule has 3 heterocycles. The normalized spacial score (nSPS) is 31.2. The Balaban J connectivity index is 1.11. The number of carbonyl (C=O) groups excluding carboxylic acids is 1.